The van der Waals surface area contributed by atoms with Gasteiger partial charge in [0.1, 0.15) is 17.1 Å². The highest BCUT2D eigenvalue weighted by atomic mass is 16.6. The van der Waals surface area contributed by atoms with Crippen molar-refractivity contribution in [3.05, 3.63) is 103 Å². The number of azo groups is 2. The first-order valence-electron chi connectivity index (χ1n) is 12.1. The summed E-state index contributed by atoms with van der Waals surface area (Å²) < 4.78 is 5.51. The van der Waals surface area contributed by atoms with Gasteiger partial charge in [0, 0.05) is 17.1 Å². The summed E-state index contributed by atoms with van der Waals surface area (Å²) in [5.41, 5.74) is 13.1. The van der Waals surface area contributed by atoms with Gasteiger partial charge in [-0.3, -0.25) is 0 Å². The lowest BCUT2D eigenvalue weighted by atomic mass is 10.1. The van der Waals surface area contributed by atoms with Gasteiger partial charge in [-0.15, -0.1) is 10.2 Å². The molecule has 5 aromatic rings. The maximum Gasteiger partial charge on any atom is 0.155 e. The molecule has 0 saturated carbocycles. The van der Waals surface area contributed by atoms with E-state index in [1.807, 2.05) is 55.5 Å². The Labute approximate surface area is 225 Å². The molecule has 194 valence electrons. The Balaban J connectivity index is 1.35. The third-order valence-electron chi connectivity index (χ3n) is 5.93. The maximum atomic E-state index is 10.9. The van der Waals surface area contributed by atoms with Gasteiger partial charge in [-0.25, -0.2) is 5.48 Å². The molecule has 0 aromatic heterocycles. The van der Waals surface area contributed by atoms with Gasteiger partial charge in [0.25, 0.3) is 0 Å². The van der Waals surface area contributed by atoms with Gasteiger partial charge >= 0.3 is 0 Å². The molecule has 0 radical (unpaired) electrons. The average molecular weight is 519 g/mol. The highest BCUT2D eigenvalue weighted by Gasteiger charge is 2.10. The van der Waals surface area contributed by atoms with Crippen molar-refractivity contribution in [2.24, 2.45) is 20.5 Å². The Bertz CT molecular complexity index is 1670. The smallest absolute Gasteiger partial charge is 0.155 e. The van der Waals surface area contributed by atoms with Crippen molar-refractivity contribution >= 4 is 44.9 Å². The van der Waals surface area contributed by atoms with Crippen LogP contribution in [0, 0.1) is 6.92 Å². The summed E-state index contributed by atoms with van der Waals surface area (Å²) in [6.45, 7) is 1.91. The number of hydrogen-bond acceptors (Lipinski definition) is 9. The Morgan fingerprint density at radius 1 is 0.744 bits per heavy atom. The van der Waals surface area contributed by atoms with Gasteiger partial charge in [0.2, 0.25) is 0 Å². The average Bonchev–Trinajstić information content (AvgIpc) is 2.96. The number of phenolic OH excluding ortho intramolecular Hbond substituents is 1. The van der Waals surface area contributed by atoms with Crippen molar-refractivity contribution in [2.75, 3.05) is 18.3 Å². The molecular weight excluding hydrogens is 492 g/mol. The fourth-order valence-corrected chi connectivity index (χ4v) is 3.83. The fraction of sp³-hybridized carbons (Fsp3) is 0.0667. The van der Waals surface area contributed by atoms with E-state index in [-0.39, 0.29) is 5.75 Å². The standard InChI is InChI=1S/C30H26N6O3/c1-19-16-28(29(38-2)18-27(19)34-32-22-6-4-3-5-7-22)35-33-26-15-8-20-17-23(11-14-25(20)30(26)37)36-39-24-12-9-21(31)10-13-24/h3-18,36-37H,31H2,1-2H3. The number of benzene rings is 5. The van der Waals surface area contributed by atoms with Crippen molar-refractivity contribution in [1.29, 1.82) is 0 Å². The van der Waals surface area contributed by atoms with Gasteiger partial charge in [-0.05, 0) is 84.6 Å². The fourth-order valence-electron chi connectivity index (χ4n) is 3.83. The van der Waals surface area contributed by atoms with Crippen LogP contribution < -0.4 is 20.8 Å². The lowest BCUT2D eigenvalue weighted by molar-refractivity contribution is 0.405. The van der Waals surface area contributed by atoms with Crippen LogP contribution in [-0.4, -0.2) is 12.2 Å². The van der Waals surface area contributed by atoms with Crippen LogP contribution in [0.15, 0.2) is 118 Å². The molecule has 0 bridgehead atoms. The molecule has 0 atom stereocenters. The predicted octanol–water partition coefficient (Wildman–Crippen LogP) is 8.68. The third kappa shape index (κ3) is 5.94. The van der Waals surface area contributed by atoms with E-state index in [0.717, 1.165) is 22.3 Å². The number of phenols is 1. The molecule has 39 heavy (non-hydrogen) atoms. The summed E-state index contributed by atoms with van der Waals surface area (Å²) >= 11 is 0. The lowest BCUT2D eigenvalue weighted by Gasteiger charge is -2.10. The molecule has 0 aliphatic heterocycles. The van der Waals surface area contributed by atoms with Crippen LogP contribution >= 0.6 is 0 Å². The molecule has 5 rings (SSSR count). The zero-order chi connectivity index (χ0) is 27.2. The molecule has 0 heterocycles. The van der Waals surface area contributed by atoms with Gasteiger partial charge < -0.3 is 20.4 Å². The minimum absolute atomic E-state index is 0.0197. The van der Waals surface area contributed by atoms with E-state index in [1.165, 1.54) is 0 Å². The first-order valence-corrected chi connectivity index (χ1v) is 12.1. The normalized spacial score (nSPS) is 11.3. The molecule has 0 fully saturated rings. The number of rotatable bonds is 8. The van der Waals surface area contributed by atoms with Crippen LogP contribution in [0.5, 0.6) is 17.2 Å². The van der Waals surface area contributed by atoms with Crippen LogP contribution in [0.25, 0.3) is 10.8 Å². The molecule has 0 aliphatic carbocycles. The molecule has 9 nitrogen and oxygen atoms in total. The monoisotopic (exact) mass is 518 g/mol. The number of nitrogen functional groups attached to an aromatic ring is 1. The van der Waals surface area contributed by atoms with Gasteiger partial charge in [0.05, 0.1) is 24.2 Å². The first-order chi connectivity index (χ1) is 19.0. The van der Waals surface area contributed by atoms with Gasteiger partial charge in [-0.2, -0.15) is 10.2 Å². The first kappa shape index (κ1) is 25.2. The number of methoxy groups -OCH3 is 1. The van der Waals surface area contributed by atoms with E-state index < -0.39 is 0 Å². The highest BCUT2D eigenvalue weighted by Crippen LogP contribution is 2.39. The van der Waals surface area contributed by atoms with Gasteiger partial charge in [0.15, 0.2) is 11.5 Å². The van der Waals surface area contributed by atoms with Crippen molar-refractivity contribution in [1.82, 2.24) is 0 Å². The molecular formula is C30H26N6O3. The van der Waals surface area contributed by atoms with Crippen LogP contribution in [0.3, 0.4) is 0 Å². The Morgan fingerprint density at radius 3 is 2.26 bits per heavy atom. The third-order valence-corrected chi connectivity index (χ3v) is 5.93. The number of anilines is 2. The minimum Gasteiger partial charge on any atom is -0.505 e. The predicted molar refractivity (Wildman–Crippen MR) is 153 cm³/mol. The van der Waals surface area contributed by atoms with Crippen LogP contribution in [-0.2, 0) is 0 Å². The number of hydrogen-bond donors (Lipinski definition) is 3. The molecule has 0 saturated heterocycles. The second-order valence-electron chi connectivity index (χ2n) is 8.69. The van der Waals surface area contributed by atoms with Crippen molar-refractivity contribution in [2.45, 2.75) is 6.92 Å². The Kier molecular flexibility index (Phi) is 7.31. The van der Waals surface area contributed by atoms with Crippen LogP contribution in [0.2, 0.25) is 0 Å². The summed E-state index contributed by atoms with van der Waals surface area (Å²) in [7, 11) is 1.55. The minimum atomic E-state index is 0.0197. The largest absolute Gasteiger partial charge is 0.505 e. The van der Waals surface area contributed by atoms with E-state index in [2.05, 4.69) is 25.9 Å². The summed E-state index contributed by atoms with van der Waals surface area (Å²) in [5, 5.41) is 29.6. The number of ether oxygens (including phenoxy) is 1. The van der Waals surface area contributed by atoms with Crippen molar-refractivity contribution in [3.8, 4) is 17.2 Å². The Hall–Kier alpha value is -5.44. The number of nitrogens with one attached hydrogen (secondary N) is 1. The number of aromatic hydroxyl groups is 1. The SMILES string of the molecule is COc1cc(N=Nc2ccccc2)c(C)cc1N=Nc1ccc2cc(NOc3ccc(N)cc3)ccc2c1O. The summed E-state index contributed by atoms with van der Waals surface area (Å²) in [6.07, 6.45) is 0. The van der Waals surface area contributed by atoms with E-state index in [0.29, 0.717) is 39.6 Å². The number of nitrogens with zero attached hydrogens (tertiary/aromatic N) is 4. The maximum absolute atomic E-state index is 10.9. The molecule has 9 heteroatoms. The van der Waals surface area contributed by atoms with Crippen molar-refractivity contribution < 1.29 is 14.7 Å². The van der Waals surface area contributed by atoms with Crippen molar-refractivity contribution in [3.63, 3.8) is 0 Å². The second kappa shape index (κ2) is 11.3. The van der Waals surface area contributed by atoms with E-state index in [9.17, 15) is 5.11 Å². The summed E-state index contributed by atoms with van der Waals surface area (Å²) in [6, 6.07) is 29.1. The number of aryl methyl sites for hydroxylation is 1. The highest BCUT2D eigenvalue weighted by molar-refractivity contribution is 5.94. The summed E-state index contributed by atoms with van der Waals surface area (Å²) in [5.74, 6) is 1.13. The number of fused-ring (bicyclic) bond motifs is 1. The molecule has 4 N–H and O–H groups in total. The molecule has 0 unspecified atom stereocenters. The molecule has 0 aliphatic rings. The lowest BCUT2D eigenvalue weighted by Crippen LogP contribution is -2.04. The number of nitrogens with two attached hydrogens (primary N) is 1. The molecule has 5 aromatic carbocycles. The van der Waals surface area contributed by atoms with Crippen LogP contribution in [0.1, 0.15) is 5.56 Å². The topological polar surface area (TPSA) is 126 Å². The molecule has 0 amide bonds. The van der Waals surface area contributed by atoms with E-state index in [4.69, 9.17) is 15.3 Å². The zero-order valence-electron chi connectivity index (χ0n) is 21.4. The van der Waals surface area contributed by atoms with Crippen LogP contribution in [0.4, 0.5) is 34.1 Å². The van der Waals surface area contributed by atoms with E-state index >= 15 is 0 Å². The quantitative estimate of drug-likeness (QED) is 0.108. The zero-order valence-corrected chi connectivity index (χ0v) is 21.4. The van der Waals surface area contributed by atoms with Gasteiger partial charge in [-0.1, -0.05) is 24.3 Å². The second-order valence-corrected chi connectivity index (χ2v) is 8.69. The van der Waals surface area contributed by atoms with E-state index in [1.54, 1.807) is 55.6 Å². The summed E-state index contributed by atoms with van der Waals surface area (Å²) in [4.78, 5) is 5.59. The Morgan fingerprint density at radius 2 is 1.49 bits per heavy atom. The molecule has 0 spiro atoms.